The van der Waals surface area contributed by atoms with Crippen LogP contribution in [0.1, 0.15) is 40.5 Å². The minimum atomic E-state index is 0.704. The lowest BCUT2D eigenvalue weighted by Crippen LogP contribution is -2.42. The molecule has 0 radical (unpaired) electrons. The highest BCUT2D eigenvalue weighted by Crippen LogP contribution is 2.33. The van der Waals surface area contributed by atoms with Crippen LogP contribution in [0.25, 0.3) is 0 Å². The van der Waals surface area contributed by atoms with Gasteiger partial charge in [-0.25, -0.2) is 0 Å². The van der Waals surface area contributed by atoms with E-state index in [2.05, 4.69) is 37.9 Å². The van der Waals surface area contributed by atoms with E-state index in [0.717, 1.165) is 23.9 Å². The maximum absolute atomic E-state index is 3.83. The van der Waals surface area contributed by atoms with E-state index in [1.807, 2.05) is 0 Å². The summed E-state index contributed by atoms with van der Waals surface area (Å²) >= 11 is 0. The molecule has 0 aromatic heterocycles. The third-order valence-electron chi connectivity index (χ3n) is 4.18. The van der Waals surface area contributed by atoms with Crippen molar-refractivity contribution in [2.45, 2.75) is 58.7 Å². The van der Waals surface area contributed by atoms with Crippen molar-refractivity contribution in [1.82, 2.24) is 10.2 Å². The molecule has 15 heavy (non-hydrogen) atoms. The molecule has 0 aromatic carbocycles. The van der Waals surface area contributed by atoms with Crippen LogP contribution in [0.15, 0.2) is 0 Å². The fourth-order valence-electron chi connectivity index (χ4n) is 2.71. The molecule has 2 fully saturated rings. The summed E-state index contributed by atoms with van der Waals surface area (Å²) < 4.78 is 0. The molecule has 0 bridgehead atoms. The van der Waals surface area contributed by atoms with Gasteiger partial charge in [0.1, 0.15) is 0 Å². The Morgan fingerprint density at radius 3 is 2.27 bits per heavy atom. The van der Waals surface area contributed by atoms with E-state index < -0.39 is 0 Å². The van der Waals surface area contributed by atoms with Crippen molar-refractivity contribution in [2.24, 2.45) is 11.8 Å². The maximum atomic E-state index is 3.83. The molecular formula is C13H26N2. The van der Waals surface area contributed by atoms with Crippen molar-refractivity contribution in [1.29, 1.82) is 0 Å². The van der Waals surface area contributed by atoms with E-state index in [1.54, 1.807) is 0 Å². The molecule has 1 N–H and O–H groups in total. The monoisotopic (exact) mass is 210 g/mol. The second kappa shape index (κ2) is 4.42. The molecule has 3 atom stereocenters. The summed E-state index contributed by atoms with van der Waals surface area (Å²) in [5, 5.41) is 3.83. The number of likely N-dealkylation sites (tertiary alicyclic amines) is 1. The molecule has 2 heteroatoms. The van der Waals surface area contributed by atoms with E-state index in [1.165, 1.54) is 25.9 Å². The number of rotatable bonds is 4. The summed E-state index contributed by atoms with van der Waals surface area (Å²) in [6.07, 6.45) is 2.90. The van der Waals surface area contributed by atoms with Crippen molar-refractivity contribution in [3.63, 3.8) is 0 Å². The van der Waals surface area contributed by atoms with Crippen molar-refractivity contribution < 1.29 is 0 Å². The number of hydrogen-bond acceptors (Lipinski definition) is 2. The lowest BCUT2D eigenvalue weighted by atomic mass is 10.0. The van der Waals surface area contributed by atoms with Crippen LogP contribution in [0.5, 0.6) is 0 Å². The first kappa shape index (κ1) is 11.4. The summed E-state index contributed by atoms with van der Waals surface area (Å²) in [6.45, 7) is 11.9. The Kier molecular flexibility index (Phi) is 3.36. The van der Waals surface area contributed by atoms with Gasteiger partial charge in [0.25, 0.3) is 0 Å². The minimum Gasteiger partial charge on any atom is -0.310 e. The number of nitrogens with zero attached hydrogens (tertiary/aromatic N) is 1. The fraction of sp³-hybridized carbons (Fsp3) is 1.00. The molecule has 0 aromatic rings. The summed E-state index contributed by atoms with van der Waals surface area (Å²) in [7, 11) is 0. The van der Waals surface area contributed by atoms with Crippen molar-refractivity contribution in [2.75, 3.05) is 13.1 Å². The third-order valence-corrected chi connectivity index (χ3v) is 4.18. The minimum absolute atomic E-state index is 0.704. The highest BCUT2D eigenvalue weighted by molar-refractivity contribution is 4.92. The van der Waals surface area contributed by atoms with Gasteiger partial charge in [-0.2, -0.15) is 0 Å². The second-order valence-electron chi connectivity index (χ2n) is 5.92. The number of hydrogen-bond donors (Lipinski definition) is 1. The van der Waals surface area contributed by atoms with Crippen LogP contribution < -0.4 is 5.32 Å². The molecule has 1 heterocycles. The van der Waals surface area contributed by atoms with Gasteiger partial charge in [0.05, 0.1) is 0 Å². The Bertz CT molecular complexity index is 211. The Morgan fingerprint density at radius 2 is 1.80 bits per heavy atom. The molecule has 0 amide bonds. The van der Waals surface area contributed by atoms with Crippen LogP contribution in [0.2, 0.25) is 0 Å². The Labute approximate surface area is 94.4 Å². The predicted octanol–water partition coefficient (Wildman–Crippen LogP) is 2.10. The average molecular weight is 210 g/mol. The largest absolute Gasteiger partial charge is 0.310 e. The van der Waals surface area contributed by atoms with E-state index in [4.69, 9.17) is 0 Å². The first-order chi connectivity index (χ1) is 7.08. The highest BCUT2D eigenvalue weighted by atomic mass is 15.2. The molecule has 1 aliphatic heterocycles. The standard InChI is InChI=1S/C13H26N2/c1-9(2)15-7-10(3)13(8-15)14-11(4)12-5-6-12/h9-14H,5-8H2,1-4H3. The average Bonchev–Trinajstić information content (AvgIpc) is 2.93. The second-order valence-corrected chi connectivity index (χ2v) is 5.92. The van der Waals surface area contributed by atoms with Gasteiger partial charge < -0.3 is 5.32 Å². The van der Waals surface area contributed by atoms with Crippen molar-refractivity contribution in [3.05, 3.63) is 0 Å². The molecule has 2 nitrogen and oxygen atoms in total. The highest BCUT2D eigenvalue weighted by Gasteiger charge is 2.35. The summed E-state index contributed by atoms with van der Waals surface area (Å²) in [6, 6.07) is 2.17. The topological polar surface area (TPSA) is 15.3 Å². The van der Waals surface area contributed by atoms with E-state index in [9.17, 15) is 0 Å². The first-order valence-corrected chi connectivity index (χ1v) is 6.58. The molecule has 1 saturated carbocycles. The molecule has 3 unspecified atom stereocenters. The quantitative estimate of drug-likeness (QED) is 0.764. The zero-order chi connectivity index (χ0) is 11.0. The molecule has 0 spiro atoms. The lowest BCUT2D eigenvalue weighted by molar-refractivity contribution is 0.262. The van der Waals surface area contributed by atoms with Gasteiger partial charge in [-0.05, 0) is 45.4 Å². The number of nitrogens with one attached hydrogen (secondary N) is 1. The molecule has 1 aliphatic carbocycles. The van der Waals surface area contributed by atoms with Gasteiger partial charge >= 0.3 is 0 Å². The SMILES string of the molecule is CC1CN(C(C)C)CC1NC(C)C1CC1. The molecule has 88 valence electrons. The van der Waals surface area contributed by atoms with Crippen LogP contribution in [0.4, 0.5) is 0 Å². The molecule has 1 saturated heterocycles. The van der Waals surface area contributed by atoms with E-state index >= 15 is 0 Å². The third kappa shape index (κ3) is 2.73. The van der Waals surface area contributed by atoms with Gasteiger partial charge in [-0.15, -0.1) is 0 Å². The zero-order valence-electron chi connectivity index (χ0n) is 10.7. The summed E-state index contributed by atoms with van der Waals surface area (Å²) in [5.74, 6) is 1.79. The Hall–Kier alpha value is -0.0800. The van der Waals surface area contributed by atoms with Crippen LogP contribution >= 0.6 is 0 Å². The predicted molar refractivity (Wildman–Crippen MR) is 65.0 cm³/mol. The van der Waals surface area contributed by atoms with E-state index in [0.29, 0.717) is 6.04 Å². The maximum Gasteiger partial charge on any atom is 0.0235 e. The van der Waals surface area contributed by atoms with Gasteiger partial charge in [0.15, 0.2) is 0 Å². The van der Waals surface area contributed by atoms with Crippen LogP contribution in [0, 0.1) is 11.8 Å². The summed E-state index contributed by atoms with van der Waals surface area (Å²) in [5.41, 5.74) is 0. The summed E-state index contributed by atoms with van der Waals surface area (Å²) in [4.78, 5) is 2.60. The molecule has 2 rings (SSSR count). The smallest absolute Gasteiger partial charge is 0.0235 e. The lowest BCUT2D eigenvalue weighted by Gasteiger charge is -2.23. The van der Waals surface area contributed by atoms with Crippen LogP contribution in [-0.4, -0.2) is 36.1 Å². The van der Waals surface area contributed by atoms with Crippen molar-refractivity contribution in [3.8, 4) is 0 Å². The van der Waals surface area contributed by atoms with Crippen LogP contribution in [0.3, 0.4) is 0 Å². The van der Waals surface area contributed by atoms with Gasteiger partial charge in [-0.1, -0.05) is 6.92 Å². The van der Waals surface area contributed by atoms with E-state index in [-0.39, 0.29) is 0 Å². The fourth-order valence-corrected chi connectivity index (χ4v) is 2.71. The zero-order valence-corrected chi connectivity index (χ0v) is 10.7. The normalized spacial score (nSPS) is 35.0. The Morgan fingerprint density at radius 1 is 1.13 bits per heavy atom. The van der Waals surface area contributed by atoms with Gasteiger partial charge in [0.2, 0.25) is 0 Å². The molecule has 2 aliphatic rings. The first-order valence-electron chi connectivity index (χ1n) is 6.58. The van der Waals surface area contributed by atoms with Gasteiger partial charge in [-0.3, -0.25) is 4.90 Å². The molecular weight excluding hydrogens is 184 g/mol. The van der Waals surface area contributed by atoms with Gasteiger partial charge in [0, 0.05) is 31.2 Å². The van der Waals surface area contributed by atoms with Crippen LogP contribution in [-0.2, 0) is 0 Å². The van der Waals surface area contributed by atoms with Crippen molar-refractivity contribution >= 4 is 0 Å². The Balaban J connectivity index is 1.81.